The first-order valence-corrected chi connectivity index (χ1v) is 4.37. The van der Waals surface area contributed by atoms with Gasteiger partial charge in [-0.15, -0.1) is 0 Å². The number of hydrogen-bond acceptors (Lipinski definition) is 4. The third-order valence-electron chi connectivity index (χ3n) is 0.327. The van der Waals surface area contributed by atoms with Crippen LogP contribution in [-0.4, -0.2) is 11.9 Å². The number of halogens is 1. The number of phosphoric acid groups is 1. The minimum atomic E-state index is -4.71. The van der Waals surface area contributed by atoms with Crippen molar-refractivity contribution in [2.45, 2.75) is 0 Å². The van der Waals surface area contributed by atoms with Gasteiger partial charge in [0.1, 0.15) is 0 Å². The number of hydrogen-bond donors (Lipinski definition) is 0. The molecule has 0 amide bonds. The lowest BCUT2D eigenvalue weighted by molar-refractivity contribution is -0.341. The zero-order chi connectivity index (χ0) is 6.62. The Morgan fingerprint density at radius 1 is 1.62 bits per heavy atom. The highest BCUT2D eigenvalue weighted by atomic mass is 79.9. The number of alkyl halides is 1. The summed E-state index contributed by atoms with van der Waals surface area (Å²) in [5, 5.41) is 0.349. The van der Waals surface area contributed by atoms with E-state index in [4.69, 9.17) is 0 Å². The van der Waals surface area contributed by atoms with E-state index in [9.17, 15) is 14.4 Å². The third-order valence-corrected chi connectivity index (χ3v) is 1.15. The van der Waals surface area contributed by atoms with Crippen molar-refractivity contribution in [2.75, 3.05) is 11.9 Å². The van der Waals surface area contributed by atoms with Crippen LogP contribution < -0.4 is 9.79 Å². The molecule has 0 aromatic carbocycles. The van der Waals surface area contributed by atoms with Crippen LogP contribution >= 0.6 is 23.8 Å². The Morgan fingerprint density at radius 3 is 2.25 bits per heavy atom. The molecule has 0 unspecified atom stereocenters. The molecule has 0 aromatic heterocycles. The molecule has 0 rings (SSSR count). The second-order valence-corrected chi connectivity index (χ2v) is 2.92. The van der Waals surface area contributed by atoms with E-state index < -0.39 is 7.82 Å². The Hall–Kier alpha value is 0.590. The Morgan fingerprint density at radius 2 is 2.12 bits per heavy atom. The Bertz CT molecular complexity index is 98.2. The van der Waals surface area contributed by atoms with Crippen molar-refractivity contribution in [3.8, 4) is 0 Å². The van der Waals surface area contributed by atoms with Crippen molar-refractivity contribution in [2.24, 2.45) is 0 Å². The maximum atomic E-state index is 9.62. The normalized spacial score (nSPS) is 11.9. The highest BCUT2D eigenvalue weighted by Gasteiger charge is 1.86. The fraction of sp³-hybridized carbons (Fsp3) is 1.00. The highest BCUT2D eigenvalue weighted by Crippen LogP contribution is 2.23. The van der Waals surface area contributed by atoms with Crippen LogP contribution in [0, 0.1) is 0 Å². The van der Waals surface area contributed by atoms with Gasteiger partial charge in [0.2, 0.25) is 0 Å². The molecule has 8 heavy (non-hydrogen) atoms. The van der Waals surface area contributed by atoms with E-state index in [1.54, 1.807) is 0 Å². The molecule has 0 atom stereocenters. The smallest absolute Gasteiger partial charge is 0.0615 e. The molecule has 6 heteroatoms. The molecule has 0 radical (unpaired) electrons. The van der Waals surface area contributed by atoms with Crippen LogP contribution in [0.4, 0.5) is 0 Å². The van der Waals surface area contributed by atoms with E-state index in [1.807, 2.05) is 0 Å². The van der Waals surface area contributed by atoms with Crippen LogP contribution in [0.1, 0.15) is 0 Å². The summed E-state index contributed by atoms with van der Waals surface area (Å²) >= 11 is 2.88. The lowest BCUT2D eigenvalue weighted by Gasteiger charge is -2.27. The summed E-state index contributed by atoms with van der Waals surface area (Å²) < 4.78 is 13.4. The summed E-state index contributed by atoms with van der Waals surface area (Å²) in [5.74, 6) is 0. The van der Waals surface area contributed by atoms with Gasteiger partial charge in [-0.05, 0) is 0 Å². The minimum Gasteiger partial charge on any atom is -0.790 e. The van der Waals surface area contributed by atoms with Crippen LogP contribution in [0.15, 0.2) is 0 Å². The SMILES string of the molecule is O=P([O-])([O-])OCCBr. The van der Waals surface area contributed by atoms with Gasteiger partial charge in [0, 0.05) is 5.33 Å². The molecule has 0 saturated carbocycles. The number of rotatable bonds is 3. The summed E-state index contributed by atoms with van der Waals surface area (Å²) in [7, 11) is -4.71. The molecule has 0 aromatic rings. The van der Waals surface area contributed by atoms with E-state index >= 15 is 0 Å². The van der Waals surface area contributed by atoms with Gasteiger partial charge in [0.25, 0.3) is 0 Å². The van der Waals surface area contributed by atoms with E-state index in [-0.39, 0.29) is 6.61 Å². The first kappa shape index (κ1) is 8.59. The van der Waals surface area contributed by atoms with Crippen molar-refractivity contribution in [3.05, 3.63) is 0 Å². The molecule has 0 bridgehead atoms. The Kier molecular flexibility index (Phi) is 3.85. The van der Waals surface area contributed by atoms with Crippen molar-refractivity contribution < 1.29 is 18.9 Å². The molecule has 0 aliphatic rings. The average molecular weight is 203 g/mol. The molecule has 50 valence electrons. The van der Waals surface area contributed by atoms with Crippen molar-refractivity contribution in [1.29, 1.82) is 0 Å². The molecule has 0 aliphatic carbocycles. The summed E-state index contributed by atoms with van der Waals surface area (Å²) in [6, 6.07) is 0. The van der Waals surface area contributed by atoms with Gasteiger partial charge in [-0.1, -0.05) is 15.9 Å². The zero-order valence-corrected chi connectivity index (χ0v) is 6.35. The topological polar surface area (TPSA) is 72.4 Å². The van der Waals surface area contributed by atoms with E-state index in [2.05, 4.69) is 20.5 Å². The van der Waals surface area contributed by atoms with Crippen LogP contribution in [0.25, 0.3) is 0 Å². The van der Waals surface area contributed by atoms with Crippen LogP contribution in [0.2, 0.25) is 0 Å². The van der Waals surface area contributed by atoms with Crippen molar-refractivity contribution >= 4 is 23.8 Å². The Balaban J connectivity index is 3.26. The summed E-state index contributed by atoms with van der Waals surface area (Å²) in [6.07, 6.45) is 0. The van der Waals surface area contributed by atoms with E-state index in [0.717, 1.165) is 0 Å². The molecule has 0 N–H and O–H groups in total. The first-order chi connectivity index (χ1) is 3.56. The van der Waals surface area contributed by atoms with Crippen LogP contribution in [-0.2, 0) is 9.09 Å². The van der Waals surface area contributed by atoms with Crippen molar-refractivity contribution in [3.63, 3.8) is 0 Å². The molecule has 0 saturated heterocycles. The fourth-order valence-corrected chi connectivity index (χ4v) is 0.873. The largest absolute Gasteiger partial charge is 0.790 e. The molecular weight excluding hydrogens is 199 g/mol. The molecular formula is C2H4BrO4P-2. The number of phosphoric ester groups is 1. The lowest BCUT2D eigenvalue weighted by Crippen LogP contribution is -2.16. The molecule has 0 fully saturated rings. The minimum absolute atomic E-state index is 0.0930. The second kappa shape index (κ2) is 3.58. The van der Waals surface area contributed by atoms with Gasteiger partial charge in [-0.3, -0.25) is 0 Å². The van der Waals surface area contributed by atoms with Gasteiger partial charge in [0.15, 0.2) is 0 Å². The van der Waals surface area contributed by atoms with Crippen LogP contribution in [0.5, 0.6) is 0 Å². The standard InChI is InChI=1S/C2H6BrO4P/c3-1-2-7-8(4,5)6/h1-2H2,(H2,4,5,6)/p-2. The first-order valence-electron chi connectivity index (χ1n) is 1.79. The zero-order valence-electron chi connectivity index (χ0n) is 3.87. The molecule has 4 nitrogen and oxygen atoms in total. The summed E-state index contributed by atoms with van der Waals surface area (Å²) in [6.45, 7) is -0.0930. The van der Waals surface area contributed by atoms with E-state index in [1.165, 1.54) is 0 Å². The monoisotopic (exact) mass is 202 g/mol. The molecule has 0 aliphatic heterocycles. The second-order valence-electron chi connectivity index (χ2n) is 0.969. The van der Waals surface area contributed by atoms with Crippen LogP contribution in [0.3, 0.4) is 0 Å². The van der Waals surface area contributed by atoms with Gasteiger partial charge in [-0.2, -0.15) is 0 Å². The average Bonchev–Trinajstić information content (AvgIpc) is 1.59. The summed E-state index contributed by atoms with van der Waals surface area (Å²) in [5.41, 5.74) is 0. The quantitative estimate of drug-likeness (QED) is 0.445. The van der Waals surface area contributed by atoms with Gasteiger partial charge >= 0.3 is 0 Å². The third kappa shape index (κ3) is 6.59. The maximum Gasteiger partial charge on any atom is 0.0615 e. The van der Waals surface area contributed by atoms with Crippen molar-refractivity contribution in [1.82, 2.24) is 0 Å². The van der Waals surface area contributed by atoms with Gasteiger partial charge in [0.05, 0.1) is 14.4 Å². The predicted octanol–water partition coefficient (Wildman–Crippen LogP) is -0.773. The Labute approximate surface area is 55.2 Å². The van der Waals surface area contributed by atoms with Gasteiger partial charge in [-0.25, -0.2) is 0 Å². The molecule has 0 spiro atoms. The van der Waals surface area contributed by atoms with E-state index in [0.29, 0.717) is 5.33 Å². The van der Waals surface area contributed by atoms with Gasteiger partial charge < -0.3 is 18.9 Å². The summed E-state index contributed by atoms with van der Waals surface area (Å²) in [4.78, 5) is 19.2. The lowest BCUT2D eigenvalue weighted by atomic mass is 10.9. The predicted molar refractivity (Wildman–Crippen MR) is 27.4 cm³/mol. The maximum absolute atomic E-state index is 9.62. The highest BCUT2D eigenvalue weighted by molar-refractivity contribution is 9.09. The molecule has 0 heterocycles. The fourth-order valence-electron chi connectivity index (χ4n) is 0.146.